The average molecular weight is 228 g/mol. The summed E-state index contributed by atoms with van der Waals surface area (Å²) in [4.78, 5) is 14.7. The molecule has 0 aliphatic carbocycles. The Bertz CT molecular complexity index is 535. The van der Waals surface area contributed by atoms with Gasteiger partial charge in [0.1, 0.15) is 0 Å². The molecule has 0 spiro atoms. The van der Waals surface area contributed by atoms with E-state index in [1.165, 1.54) is 0 Å². The number of aryl methyl sites for hydroxylation is 1. The number of hydrogen-bond acceptors (Lipinski definition) is 3. The molecule has 0 saturated heterocycles. The van der Waals surface area contributed by atoms with Gasteiger partial charge >= 0.3 is 5.97 Å². The van der Waals surface area contributed by atoms with Crippen LogP contribution in [0.3, 0.4) is 0 Å². The van der Waals surface area contributed by atoms with E-state index in [1.54, 1.807) is 36.7 Å². The standard InChI is InChI=1S/C13H12N2O2/c1-9-6-7-14-8-12(9)15-11-4-2-10(3-5-11)13(16)17/h2-8,15H,1H3,(H,16,17). The smallest absolute Gasteiger partial charge is 0.335 e. The Morgan fingerprint density at radius 2 is 1.94 bits per heavy atom. The predicted molar refractivity (Wildman–Crippen MR) is 65.7 cm³/mol. The third kappa shape index (κ3) is 2.60. The number of benzene rings is 1. The summed E-state index contributed by atoms with van der Waals surface area (Å²) in [5, 5.41) is 12.0. The van der Waals surface area contributed by atoms with Crippen molar-refractivity contribution in [3.8, 4) is 0 Å². The van der Waals surface area contributed by atoms with Crippen LogP contribution in [0.25, 0.3) is 0 Å². The van der Waals surface area contributed by atoms with Crippen LogP contribution in [0.2, 0.25) is 0 Å². The van der Waals surface area contributed by atoms with Crippen LogP contribution in [-0.4, -0.2) is 16.1 Å². The molecule has 0 atom stereocenters. The zero-order valence-electron chi connectivity index (χ0n) is 9.34. The van der Waals surface area contributed by atoms with E-state index in [4.69, 9.17) is 5.11 Å². The first-order valence-corrected chi connectivity index (χ1v) is 5.18. The number of nitrogens with one attached hydrogen (secondary N) is 1. The fraction of sp³-hybridized carbons (Fsp3) is 0.0769. The Labute approximate surface area is 98.9 Å². The molecule has 1 heterocycles. The number of carbonyl (C=O) groups is 1. The second-order valence-corrected chi connectivity index (χ2v) is 3.70. The summed E-state index contributed by atoms with van der Waals surface area (Å²) in [6.45, 7) is 1.98. The molecule has 0 aliphatic rings. The van der Waals surface area contributed by atoms with Crippen LogP contribution in [-0.2, 0) is 0 Å². The molecule has 0 amide bonds. The molecule has 86 valence electrons. The minimum absolute atomic E-state index is 0.276. The summed E-state index contributed by atoms with van der Waals surface area (Å²) in [6.07, 6.45) is 3.47. The van der Waals surface area contributed by atoms with E-state index in [1.807, 2.05) is 13.0 Å². The van der Waals surface area contributed by atoms with E-state index >= 15 is 0 Å². The highest BCUT2D eigenvalue weighted by Gasteiger charge is 2.02. The number of carboxylic acid groups (broad SMARTS) is 1. The Morgan fingerprint density at radius 1 is 1.24 bits per heavy atom. The van der Waals surface area contributed by atoms with Crippen molar-refractivity contribution in [1.82, 2.24) is 4.98 Å². The average Bonchev–Trinajstić information content (AvgIpc) is 2.33. The van der Waals surface area contributed by atoms with E-state index in [0.717, 1.165) is 16.9 Å². The lowest BCUT2D eigenvalue weighted by Gasteiger charge is -2.08. The Hall–Kier alpha value is -2.36. The summed E-state index contributed by atoms with van der Waals surface area (Å²) < 4.78 is 0. The molecule has 0 bridgehead atoms. The molecule has 0 aliphatic heterocycles. The third-order valence-electron chi connectivity index (χ3n) is 2.45. The van der Waals surface area contributed by atoms with Gasteiger partial charge in [-0.2, -0.15) is 0 Å². The molecule has 0 unspecified atom stereocenters. The van der Waals surface area contributed by atoms with Crippen molar-refractivity contribution < 1.29 is 9.90 Å². The molecule has 2 aromatic rings. The maximum absolute atomic E-state index is 10.7. The maximum Gasteiger partial charge on any atom is 0.335 e. The first-order valence-electron chi connectivity index (χ1n) is 5.18. The van der Waals surface area contributed by atoms with Gasteiger partial charge in [0.25, 0.3) is 0 Å². The van der Waals surface area contributed by atoms with Crippen molar-refractivity contribution in [3.63, 3.8) is 0 Å². The van der Waals surface area contributed by atoms with Crippen molar-refractivity contribution >= 4 is 17.3 Å². The third-order valence-corrected chi connectivity index (χ3v) is 2.45. The normalized spacial score (nSPS) is 9.94. The Balaban J connectivity index is 2.20. The van der Waals surface area contributed by atoms with Gasteiger partial charge in [0.05, 0.1) is 17.4 Å². The van der Waals surface area contributed by atoms with Gasteiger partial charge in [0.2, 0.25) is 0 Å². The van der Waals surface area contributed by atoms with Crippen LogP contribution >= 0.6 is 0 Å². The predicted octanol–water partition coefficient (Wildman–Crippen LogP) is 2.83. The minimum atomic E-state index is -0.922. The molecular weight excluding hydrogens is 216 g/mol. The fourth-order valence-electron chi connectivity index (χ4n) is 1.45. The van der Waals surface area contributed by atoms with E-state index < -0.39 is 5.97 Å². The van der Waals surface area contributed by atoms with E-state index in [0.29, 0.717) is 0 Å². The second kappa shape index (κ2) is 4.65. The van der Waals surface area contributed by atoms with Gasteiger partial charge in [-0.05, 0) is 42.8 Å². The zero-order valence-corrected chi connectivity index (χ0v) is 9.34. The summed E-state index contributed by atoms with van der Waals surface area (Å²) in [7, 11) is 0. The molecule has 0 radical (unpaired) electrons. The monoisotopic (exact) mass is 228 g/mol. The molecule has 2 N–H and O–H groups in total. The summed E-state index contributed by atoms with van der Waals surface area (Å²) in [5.74, 6) is -0.922. The van der Waals surface area contributed by atoms with Crippen molar-refractivity contribution in [3.05, 3.63) is 53.9 Å². The zero-order chi connectivity index (χ0) is 12.3. The molecule has 4 heteroatoms. The molecule has 4 nitrogen and oxygen atoms in total. The van der Waals surface area contributed by atoms with Gasteiger partial charge in [0, 0.05) is 11.9 Å². The van der Waals surface area contributed by atoms with E-state index in [2.05, 4.69) is 10.3 Å². The van der Waals surface area contributed by atoms with Crippen molar-refractivity contribution in [2.45, 2.75) is 6.92 Å². The molecular formula is C13H12N2O2. The van der Waals surface area contributed by atoms with Crippen molar-refractivity contribution in [1.29, 1.82) is 0 Å². The van der Waals surface area contributed by atoms with Gasteiger partial charge in [-0.3, -0.25) is 4.98 Å². The molecule has 2 rings (SSSR count). The number of nitrogens with zero attached hydrogens (tertiary/aromatic N) is 1. The number of aromatic carboxylic acids is 1. The lowest BCUT2D eigenvalue weighted by atomic mass is 10.2. The Kier molecular flexibility index (Phi) is 3.05. The fourth-order valence-corrected chi connectivity index (χ4v) is 1.45. The van der Waals surface area contributed by atoms with Gasteiger partial charge in [-0.1, -0.05) is 0 Å². The van der Waals surface area contributed by atoms with Crippen LogP contribution in [0.1, 0.15) is 15.9 Å². The number of rotatable bonds is 3. The molecule has 0 fully saturated rings. The van der Waals surface area contributed by atoms with Gasteiger partial charge in [0.15, 0.2) is 0 Å². The largest absolute Gasteiger partial charge is 0.478 e. The summed E-state index contributed by atoms with van der Waals surface area (Å²) in [5.41, 5.74) is 3.11. The van der Waals surface area contributed by atoms with Crippen LogP contribution < -0.4 is 5.32 Å². The first-order chi connectivity index (χ1) is 8.16. The van der Waals surface area contributed by atoms with Gasteiger partial charge < -0.3 is 10.4 Å². The topological polar surface area (TPSA) is 62.2 Å². The summed E-state index contributed by atoms with van der Waals surface area (Å²) >= 11 is 0. The second-order valence-electron chi connectivity index (χ2n) is 3.70. The quantitative estimate of drug-likeness (QED) is 0.847. The van der Waals surface area contributed by atoms with Crippen LogP contribution in [0.15, 0.2) is 42.7 Å². The lowest BCUT2D eigenvalue weighted by molar-refractivity contribution is 0.0697. The number of aromatic nitrogens is 1. The number of anilines is 2. The lowest BCUT2D eigenvalue weighted by Crippen LogP contribution is -1.97. The highest BCUT2D eigenvalue weighted by molar-refractivity contribution is 5.88. The van der Waals surface area contributed by atoms with Crippen LogP contribution in [0, 0.1) is 6.92 Å². The highest BCUT2D eigenvalue weighted by Crippen LogP contribution is 2.19. The molecule has 1 aromatic heterocycles. The molecule has 1 aromatic carbocycles. The highest BCUT2D eigenvalue weighted by atomic mass is 16.4. The van der Waals surface area contributed by atoms with E-state index in [-0.39, 0.29) is 5.56 Å². The molecule has 0 saturated carbocycles. The molecule has 17 heavy (non-hydrogen) atoms. The Morgan fingerprint density at radius 3 is 2.53 bits per heavy atom. The maximum atomic E-state index is 10.7. The van der Waals surface area contributed by atoms with Crippen LogP contribution in [0.4, 0.5) is 11.4 Å². The SMILES string of the molecule is Cc1ccncc1Nc1ccc(C(=O)O)cc1. The van der Waals surface area contributed by atoms with Crippen molar-refractivity contribution in [2.24, 2.45) is 0 Å². The minimum Gasteiger partial charge on any atom is -0.478 e. The van der Waals surface area contributed by atoms with Gasteiger partial charge in [-0.15, -0.1) is 0 Å². The van der Waals surface area contributed by atoms with E-state index in [9.17, 15) is 4.79 Å². The van der Waals surface area contributed by atoms with Crippen LogP contribution in [0.5, 0.6) is 0 Å². The van der Waals surface area contributed by atoms with Gasteiger partial charge in [-0.25, -0.2) is 4.79 Å². The number of carboxylic acids is 1. The number of pyridine rings is 1. The number of hydrogen-bond donors (Lipinski definition) is 2. The summed E-state index contributed by atoms with van der Waals surface area (Å²) in [6, 6.07) is 8.51. The first kappa shape index (κ1) is 11.1. The van der Waals surface area contributed by atoms with Crippen molar-refractivity contribution in [2.75, 3.05) is 5.32 Å².